The largest absolute Gasteiger partial charge is 0.497 e. The molecule has 0 saturated heterocycles. The van der Waals surface area contributed by atoms with Gasteiger partial charge in [-0.3, -0.25) is 4.79 Å². The summed E-state index contributed by atoms with van der Waals surface area (Å²) < 4.78 is 5.12. The summed E-state index contributed by atoms with van der Waals surface area (Å²) in [4.78, 5) is 12.4. The molecule has 0 bridgehead atoms. The number of methoxy groups -OCH3 is 1. The molecule has 120 valence electrons. The van der Waals surface area contributed by atoms with Gasteiger partial charge in [-0.2, -0.15) is 10.4 Å². The summed E-state index contributed by atoms with van der Waals surface area (Å²) in [6.07, 6.45) is 1.00. The van der Waals surface area contributed by atoms with Crippen molar-refractivity contribution in [1.82, 2.24) is 5.01 Å². The number of benzene rings is 2. The second kappa shape index (κ2) is 6.97. The predicted octanol–water partition coefficient (Wildman–Crippen LogP) is 2.75. The molecule has 1 heterocycles. The van der Waals surface area contributed by atoms with E-state index < -0.39 is 0 Å². The highest BCUT2D eigenvalue weighted by Gasteiger charge is 2.21. The quantitative estimate of drug-likeness (QED) is 0.870. The van der Waals surface area contributed by atoms with Crippen molar-refractivity contribution in [2.75, 3.05) is 13.7 Å². The lowest BCUT2D eigenvalue weighted by Gasteiger charge is -2.11. The number of rotatable bonds is 4. The van der Waals surface area contributed by atoms with Crippen LogP contribution in [-0.4, -0.2) is 30.3 Å². The molecule has 3 rings (SSSR count). The third-order valence-corrected chi connectivity index (χ3v) is 3.93. The Morgan fingerprint density at radius 1 is 1.29 bits per heavy atom. The molecule has 1 amide bonds. The molecule has 0 aromatic heterocycles. The van der Waals surface area contributed by atoms with Crippen molar-refractivity contribution in [3.63, 3.8) is 0 Å². The minimum absolute atomic E-state index is 0.0356. The van der Waals surface area contributed by atoms with Gasteiger partial charge in [0.25, 0.3) is 0 Å². The zero-order chi connectivity index (χ0) is 16.9. The molecule has 5 nitrogen and oxygen atoms in total. The number of carbonyl (C=O) groups is 1. The van der Waals surface area contributed by atoms with Crippen LogP contribution in [0, 0.1) is 11.3 Å². The van der Waals surface area contributed by atoms with Crippen LogP contribution in [0.3, 0.4) is 0 Å². The second-order valence-corrected chi connectivity index (χ2v) is 5.53. The van der Waals surface area contributed by atoms with Crippen LogP contribution in [0.2, 0.25) is 0 Å². The van der Waals surface area contributed by atoms with E-state index in [0.29, 0.717) is 24.9 Å². The standard InChI is InChI=1S/C19H17N3O2/c1-24-17-7-5-14(6-8-17)12-19(23)22-10-9-18(21-22)16-4-2-3-15(11-16)13-20/h2-8,11H,9-10,12H2,1H3. The van der Waals surface area contributed by atoms with Gasteiger partial charge >= 0.3 is 0 Å². The number of carbonyl (C=O) groups excluding carboxylic acids is 1. The lowest BCUT2D eigenvalue weighted by atomic mass is 10.1. The number of nitriles is 1. The van der Waals surface area contributed by atoms with Gasteiger partial charge < -0.3 is 4.74 Å². The first kappa shape index (κ1) is 15.8. The molecule has 0 unspecified atom stereocenters. The van der Waals surface area contributed by atoms with E-state index >= 15 is 0 Å². The molecular weight excluding hydrogens is 302 g/mol. The van der Waals surface area contributed by atoms with Gasteiger partial charge in [-0.1, -0.05) is 24.3 Å². The van der Waals surface area contributed by atoms with E-state index in [1.54, 1.807) is 19.2 Å². The molecule has 0 radical (unpaired) electrons. The first-order valence-corrected chi connectivity index (χ1v) is 7.71. The van der Waals surface area contributed by atoms with Crippen molar-refractivity contribution in [2.45, 2.75) is 12.8 Å². The van der Waals surface area contributed by atoms with Crippen LogP contribution in [-0.2, 0) is 11.2 Å². The maximum atomic E-state index is 12.4. The molecule has 24 heavy (non-hydrogen) atoms. The smallest absolute Gasteiger partial charge is 0.247 e. The first-order chi connectivity index (χ1) is 11.7. The molecule has 0 N–H and O–H groups in total. The van der Waals surface area contributed by atoms with E-state index in [-0.39, 0.29) is 5.91 Å². The topological polar surface area (TPSA) is 65.7 Å². The summed E-state index contributed by atoms with van der Waals surface area (Å²) in [5.41, 5.74) is 3.26. The summed E-state index contributed by atoms with van der Waals surface area (Å²) in [7, 11) is 1.61. The third-order valence-electron chi connectivity index (χ3n) is 3.93. The van der Waals surface area contributed by atoms with Gasteiger partial charge in [0.15, 0.2) is 0 Å². The Morgan fingerprint density at radius 2 is 2.08 bits per heavy atom. The highest BCUT2D eigenvalue weighted by molar-refractivity contribution is 6.03. The van der Waals surface area contributed by atoms with E-state index in [1.165, 1.54) is 5.01 Å². The van der Waals surface area contributed by atoms with Crippen LogP contribution in [0.4, 0.5) is 0 Å². The Bertz CT molecular complexity index is 819. The fourth-order valence-electron chi connectivity index (χ4n) is 2.62. The summed E-state index contributed by atoms with van der Waals surface area (Å²) >= 11 is 0. The number of hydrazone groups is 1. The Hall–Kier alpha value is -3.13. The van der Waals surface area contributed by atoms with Crippen LogP contribution in [0.1, 0.15) is 23.1 Å². The van der Waals surface area contributed by atoms with Crippen molar-refractivity contribution < 1.29 is 9.53 Å². The van der Waals surface area contributed by atoms with Crippen molar-refractivity contribution in [1.29, 1.82) is 5.26 Å². The van der Waals surface area contributed by atoms with Gasteiger partial charge in [0.2, 0.25) is 5.91 Å². The zero-order valence-corrected chi connectivity index (χ0v) is 13.4. The molecule has 0 atom stereocenters. The number of hydrogen-bond donors (Lipinski definition) is 0. The van der Waals surface area contributed by atoms with Gasteiger partial charge in [-0.25, -0.2) is 5.01 Å². The average Bonchev–Trinajstić information content (AvgIpc) is 3.13. The highest BCUT2D eigenvalue weighted by Crippen LogP contribution is 2.17. The van der Waals surface area contributed by atoms with Crippen LogP contribution in [0.15, 0.2) is 53.6 Å². The Balaban J connectivity index is 1.70. The fraction of sp³-hybridized carbons (Fsp3) is 0.211. The van der Waals surface area contributed by atoms with E-state index in [4.69, 9.17) is 10.00 Å². The number of hydrogen-bond acceptors (Lipinski definition) is 4. The summed E-state index contributed by atoms with van der Waals surface area (Å²) in [5.74, 6) is 0.733. The van der Waals surface area contributed by atoms with Crippen LogP contribution in [0.25, 0.3) is 0 Å². The predicted molar refractivity (Wildman–Crippen MR) is 90.7 cm³/mol. The van der Waals surface area contributed by atoms with E-state index in [1.807, 2.05) is 36.4 Å². The lowest BCUT2D eigenvalue weighted by molar-refractivity contribution is -0.130. The van der Waals surface area contributed by atoms with Crippen LogP contribution < -0.4 is 4.74 Å². The molecular formula is C19H17N3O2. The summed E-state index contributed by atoms with van der Waals surface area (Å²) in [6, 6.07) is 16.9. The van der Waals surface area contributed by atoms with Crippen molar-refractivity contribution in [3.8, 4) is 11.8 Å². The molecule has 1 aliphatic heterocycles. The maximum Gasteiger partial charge on any atom is 0.247 e. The van der Waals surface area contributed by atoms with E-state index in [9.17, 15) is 4.79 Å². The average molecular weight is 319 g/mol. The second-order valence-electron chi connectivity index (χ2n) is 5.53. The van der Waals surface area contributed by atoms with Gasteiger partial charge in [0.05, 0.1) is 37.4 Å². The monoisotopic (exact) mass is 319 g/mol. The summed E-state index contributed by atoms with van der Waals surface area (Å²) in [5, 5.41) is 14.9. The molecule has 1 aliphatic rings. The van der Waals surface area contributed by atoms with E-state index in [0.717, 1.165) is 22.6 Å². The van der Waals surface area contributed by atoms with Crippen molar-refractivity contribution in [2.24, 2.45) is 5.10 Å². The maximum absolute atomic E-state index is 12.4. The fourth-order valence-corrected chi connectivity index (χ4v) is 2.62. The molecule has 0 saturated carbocycles. The van der Waals surface area contributed by atoms with Gasteiger partial charge in [0.1, 0.15) is 5.75 Å². The van der Waals surface area contributed by atoms with Gasteiger partial charge in [-0.05, 0) is 35.4 Å². The Labute approximate surface area is 140 Å². The van der Waals surface area contributed by atoms with Gasteiger partial charge in [0, 0.05) is 6.42 Å². The Morgan fingerprint density at radius 3 is 2.79 bits per heavy atom. The minimum atomic E-state index is -0.0356. The SMILES string of the molecule is COc1ccc(CC(=O)N2CCC(c3cccc(C#N)c3)=N2)cc1. The lowest BCUT2D eigenvalue weighted by Crippen LogP contribution is -2.25. The number of nitrogens with zero attached hydrogens (tertiary/aromatic N) is 3. The normalized spacial score (nSPS) is 13.3. The minimum Gasteiger partial charge on any atom is -0.497 e. The Kier molecular flexibility index (Phi) is 4.57. The van der Waals surface area contributed by atoms with Gasteiger partial charge in [-0.15, -0.1) is 0 Å². The van der Waals surface area contributed by atoms with Crippen LogP contribution >= 0.6 is 0 Å². The molecule has 0 fully saturated rings. The highest BCUT2D eigenvalue weighted by atomic mass is 16.5. The molecule has 0 aliphatic carbocycles. The summed E-state index contributed by atoms with van der Waals surface area (Å²) in [6.45, 7) is 0.571. The van der Waals surface area contributed by atoms with Crippen molar-refractivity contribution in [3.05, 3.63) is 65.2 Å². The molecule has 2 aromatic carbocycles. The molecule has 0 spiro atoms. The zero-order valence-electron chi connectivity index (χ0n) is 13.4. The molecule has 5 heteroatoms. The van der Waals surface area contributed by atoms with Crippen LogP contribution in [0.5, 0.6) is 5.75 Å². The van der Waals surface area contributed by atoms with E-state index in [2.05, 4.69) is 11.2 Å². The van der Waals surface area contributed by atoms with Crippen molar-refractivity contribution >= 4 is 11.6 Å². The first-order valence-electron chi connectivity index (χ1n) is 7.71. The number of amides is 1. The third kappa shape index (κ3) is 3.44. The number of ether oxygens (including phenoxy) is 1. The molecule has 2 aromatic rings.